The van der Waals surface area contributed by atoms with Gasteiger partial charge in [-0.15, -0.1) is 0 Å². The number of benzene rings is 2. The van der Waals surface area contributed by atoms with Crippen LogP contribution in [0.3, 0.4) is 0 Å². The maximum absolute atomic E-state index is 12.6. The van der Waals surface area contributed by atoms with E-state index in [1.165, 1.54) is 27.6 Å². The minimum atomic E-state index is -3.68. The van der Waals surface area contributed by atoms with Crippen molar-refractivity contribution in [1.29, 1.82) is 0 Å². The van der Waals surface area contributed by atoms with E-state index < -0.39 is 14.9 Å². The number of nitro benzene ring substituents is 1. The summed E-state index contributed by atoms with van der Waals surface area (Å²) in [5.41, 5.74) is 2.44. The Morgan fingerprint density at radius 2 is 1.85 bits per heavy atom. The number of nitrogens with one attached hydrogen (secondary N) is 1. The van der Waals surface area contributed by atoms with Gasteiger partial charge in [0.25, 0.3) is 5.69 Å². The molecule has 7 nitrogen and oxygen atoms in total. The first-order valence-electron chi connectivity index (χ1n) is 8.96. The Kier molecular flexibility index (Phi) is 5.76. The Bertz CT molecular complexity index is 938. The summed E-state index contributed by atoms with van der Waals surface area (Å²) in [6, 6.07) is 12.1. The van der Waals surface area contributed by atoms with Crippen LogP contribution >= 0.6 is 0 Å². The second kappa shape index (κ2) is 8.06. The van der Waals surface area contributed by atoms with Crippen LogP contribution in [0.1, 0.15) is 24.0 Å². The molecule has 2 aromatic rings. The number of anilines is 1. The Morgan fingerprint density at radius 1 is 1.15 bits per heavy atom. The number of nitrogens with zero attached hydrogens (tertiary/aromatic N) is 2. The van der Waals surface area contributed by atoms with Crippen molar-refractivity contribution in [3.05, 3.63) is 63.7 Å². The van der Waals surface area contributed by atoms with E-state index >= 15 is 0 Å². The molecule has 1 aliphatic heterocycles. The van der Waals surface area contributed by atoms with Crippen molar-refractivity contribution in [1.82, 2.24) is 4.31 Å². The van der Waals surface area contributed by atoms with Crippen LogP contribution < -0.4 is 5.32 Å². The topological polar surface area (TPSA) is 92.6 Å². The molecule has 1 heterocycles. The average molecular weight is 389 g/mol. The van der Waals surface area contributed by atoms with Gasteiger partial charge in [-0.1, -0.05) is 24.3 Å². The number of hydrogen-bond acceptors (Lipinski definition) is 5. The number of sulfonamides is 1. The van der Waals surface area contributed by atoms with Gasteiger partial charge < -0.3 is 5.32 Å². The van der Waals surface area contributed by atoms with Crippen molar-refractivity contribution in [3.8, 4) is 0 Å². The molecule has 3 rings (SSSR count). The van der Waals surface area contributed by atoms with Gasteiger partial charge in [-0.05, 0) is 49.4 Å². The van der Waals surface area contributed by atoms with E-state index in [1.54, 1.807) is 0 Å². The molecule has 1 N–H and O–H groups in total. The molecule has 0 aliphatic carbocycles. The maximum Gasteiger partial charge on any atom is 0.293 e. The van der Waals surface area contributed by atoms with Crippen LogP contribution in [0.15, 0.2) is 47.4 Å². The zero-order chi connectivity index (χ0) is 19.4. The van der Waals surface area contributed by atoms with E-state index in [0.29, 0.717) is 25.3 Å². The second-order valence-electron chi connectivity index (χ2n) is 6.65. The quantitative estimate of drug-likeness (QED) is 0.579. The molecule has 1 saturated heterocycles. The lowest BCUT2D eigenvalue weighted by molar-refractivity contribution is -0.384. The highest BCUT2D eigenvalue weighted by atomic mass is 32.2. The monoisotopic (exact) mass is 389 g/mol. The Balaban J connectivity index is 1.78. The fraction of sp³-hybridized carbons (Fsp3) is 0.368. The van der Waals surface area contributed by atoms with Gasteiger partial charge in [-0.2, -0.15) is 4.31 Å². The molecule has 0 bridgehead atoms. The normalized spacial score (nSPS) is 15.0. The summed E-state index contributed by atoms with van der Waals surface area (Å²) >= 11 is 0. The molecular weight excluding hydrogens is 366 g/mol. The molecule has 0 spiro atoms. The lowest BCUT2D eigenvalue weighted by Gasteiger charge is -2.16. The van der Waals surface area contributed by atoms with Crippen LogP contribution in [0.25, 0.3) is 0 Å². The van der Waals surface area contributed by atoms with Crippen LogP contribution in [-0.4, -0.2) is 37.3 Å². The van der Waals surface area contributed by atoms with Crippen LogP contribution in [0, 0.1) is 17.0 Å². The first-order chi connectivity index (χ1) is 12.9. The molecule has 0 amide bonds. The Morgan fingerprint density at radius 3 is 2.52 bits per heavy atom. The summed E-state index contributed by atoms with van der Waals surface area (Å²) in [6.07, 6.45) is 2.36. The molecule has 1 fully saturated rings. The lowest BCUT2D eigenvalue weighted by Crippen LogP contribution is -2.27. The van der Waals surface area contributed by atoms with E-state index in [9.17, 15) is 18.5 Å². The van der Waals surface area contributed by atoms with E-state index in [2.05, 4.69) is 5.32 Å². The van der Waals surface area contributed by atoms with E-state index in [4.69, 9.17) is 0 Å². The highest BCUT2D eigenvalue weighted by Gasteiger charge is 2.29. The van der Waals surface area contributed by atoms with E-state index in [1.807, 2.05) is 31.2 Å². The van der Waals surface area contributed by atoms with Gasteiger partial charge in [0, 0.05) is 25.7 Å². The number of hydrogen-bond donors (Lipinski definition) is 1. The Hall–Kier alpha value is -2.45. The fourth-order valence-corrected chi connectivity index (χ4v) is 4.81. The van der Waals surface area contributed by atoms with Crippen molar-refractivity contribution in [2.75, 3.05) is 25.0 Å². The molecule has 144 valence electrons. The molecule has 8 heteroatoms. The third kappa shape index (κ3) is 4.28. The largest absolute Gasteiger partial charge is 0.379 e. The SMILES string of the molecule is Cc1ccccc1CCNc1ccc(S(=O)(=O)N2CCCC2)cc1[N+](=O)[O-]. The van der Waals surface area contributed by atoms with Crippen LogP contribution in [0.4, 0.5) is 11.4 Å². The summed E-state index contributed by atoms with van der Waals surface area (Å²) in [5.74, 6) is 0. The zero-order valence-electron chi connectivity index (χ0n) is 15.2. The third-order valence-electron chi connectivity index (χ3n) is 4.84. The molecule has 2 aromatic carbocycles. The van der Waals surface area contributed by atoms with Crippen molar-refractivity contribution < 1.29 is 13.3 Å². The minimum Gasteiger partial charge on any atom is -0.379 e. The molecule has 0 unspecified atom stereocenters. The summed E-state index contributed by atoms with van der Waals surface area (Å²) in [5, 5.41) is 14.5. The maximum atomic E-state index is 12.6. The standard InChI is InChI=1S/C19H23N3O4S/c1-15-6-2-3-7-16(15)10-11-20-18-9-8-17(14-19(18)22(23)24)27(25,26)21-12-4-5-13-21/h2-3,6-9,14,20H,4-5,10-13H2,1H3. The first kappa shape index (κ1) is 19.3. The molecule has 27 heavy (non-hydrogen) atoms. The Labute approximate surface area is 159 Å². The van der Waals surface area contributed by atoms with E-state index in [-0.39, 0.29) is 10.6 Å². The molecule has 0 atom stereocenters. The van der Waals surface area contributed by atoms with Crippen molar-refractivity contribution >= 4 is 21.4 Å². The van der Waals surface area contributed by atoms with Gasteiger partial charge >= 0.3 is 0 Å². The van der Waals surface area contributed by atoms with Crippen molar-refractivity contribution in [2.24, 2.45) is 0 Å². The fourth-order valence-electron chi connectivity index (χ4n) is 3.27. The zero-order valence-corrected chi connectivity index (χ0v) is 16.0. The number of nitro groups is 1. The molecule has 0 radical (unpaired) electrons. The number of aryl methyl sites for hydroxylation is 1. The summed E-state index contributed by atoms with van der Waals surface area (Å²) in [4.78, 5) is 10.9. The van der Waals surface area contributed by atoms with Crippen LogP contribution in [0.5, 0.6) is 0 Å². The van der Waals surface area contributed by atoms with Crippen LogP contribution in [0.2, 0.25) is 0 Å². The van der Waals surface area contributed by atoms with Crippen molar-refractivity contribution in [2.45, 2.75) is 31.1 Å². The molecule has 0 aromatic heterocycles. The third-order valence-corrected chi connectivity index (χ3v) is 6.73. The average Bonchev–Trinajstić information content (AvgIpc) is 3.19. The molecule has 0 saturated carbocycles. The predicted octanol–water partition coefficient (Wildman–Crippen LogP) is 3.34. The van der Waals surface area contributed by atoms with E-state index in [0.717, 1.165) is 25.3 Å². The summed E-state index contributed by atoms with van der Waals surface area (Å²) in [7, 11) is -3.68. The lowest BCUT2D eigenvalue weighted by atomic mass is 10.1. The van der Waals surface area contributed by atoms with Crippen molar-refractivity contribution in [3.63, 3.8) is 0 Å². The predicted molar refractivity (Wildman–Crippen MR) is 104 cm³/mol. The van der Waals surface area contributed by atoms with Gasteiger partial charge in [-0.25, -0.2) is 8.42 Å². The smallest absolute Gasteiger partial charge is 0.293 e. The first-order valence-corrected chi connectivity index (χ1v) is 10.4. The highest BCUT2D eigenvalue weighted by molar-refractivity contribution is 7.89. The molecular formula is C19H23N3O4S. The molecule has 1 aliphatic rings. The second-order valence-corrected chi connectivity index (χ2v) is 8.59. The highest BCUT2D eigenvalue weighted by Crippen LogP contribution is 2.30. The minimum absolute atomic E-state index is 0.0273. The van der Waals surface area contributed by atoms with Crippen LogP contribution in [-0.2, 0) is 16.4 Å². The van der Waals surface area contributed by atoms with Gasteiger partial charge in [0.2, 0.25) is 10.0 Å². The van der Waals surface area contributed by atoms with Gasteiger partial charge in [0.05, 0.1) is 9.82 Å². The van der Waals surface area contributed by atoms with Gasteiger partial charge in [0.15, 0.2) is 0 Å². The number of rotatable bonds is 7. The van der Waals surface area contributed by atoms with Gasteiger partial charge in [-0.3, -0.25) is 10.1 Å². The summed E-state index contributed by atoms with van der Waals surface area (Å²) in [6.45, 7) is 3.47. The van der Waals surface area contributed by atoms with Gasteiger partial charge in [0.1, 0.15) is 5.69 Å². The summed E-state index contributed by atoms with van der Waals surface area (Å²) < 4.78 is 26.7.